The van der Waals surface area contributed by atoms with Gasteiger partial charge in [-0.2, -0.15) is 18.3 Å². The summed E-state index contributed by atoms with van der Waals surface area (Å²) in [6.07, 6.45) is -0.894. The van der Waals surface area contributed by atoms with Crippen molar-refractivity contribution in [2.24, 2.45) is 0 Å². The van der Waals surface area contributed by atoms with Gasteiger partial charge in [-0.05, 0) is 26.0 Å². The first-order chi connectivity index (χ1) is 8.89. The number of hydrogen-bond donors (Lipinski definition) is 1. The van der Waals surface area contributed by atoms with E-state index in [2.05, 4.69) is 24.3 Å². The molecule has 1 aromatic heterocycles. The van der Waals surface area contributed by atoms with Crippen molar-refractivity contribution in [2.45, 2.75) is 57.8 Å². The van der Waals surface area contributed by atoms with E-state index in [0.717, 1.165) is 12.8 Å². The molecule has 1 unspecified atom stereocenters. The predicted octanol–water partition coefficient (Wildman–Crippen LogP) is 3.33. The van der Waals surface area contributed by atoms with Crippen molar-refractivity contribution >= 4 is 0 Å². The van der Waals surface area contributed by atoms with Gasteiger partial charge in [0.25, 0.3) is 0 Å². The molecule has 0 aliphatic carbocycles. The zero-order valence-electron chi connectivity index (χ0n) is 11.7. The second-order valence-corrected chi connectivity index (χ2v) is 4.77. The molecule has 110 valence electrons. The number of hydrogen-bond acceptors (Lipinski definition) is 2. The van der Waals surface area contributed by atoms with Crippen LogP contribution in [0.5, 0.6) is 0 Å². The van der Waals surface area contributed by atoms with Gasteiger partial charge in [-0.15, -0.1) is 0 Å². The lowest BCUT2D eigenvalue weighted by Gasteiger charge is -2.17. The number of likely N-dealkylation sites (N-methyl/N-ethyl adjacent to an activating group) is 1. The van der Waals surface area contributed by atoms with Gasteiger partial charge in [0.15, 0.2) is 0 Å². The van der Waals surface area contributed by atoms with Crippen molar-refractivity contribution in [3.63, 3.8) is 0 Å². The molecular formula is C13H22F3N3. The summed E-state index contributed by atoms with van der Waals surface area (Å²) in [6.45, 7) is 4.16. The first kappa shape index (κ1) is 16.0. The molecular weight excluding hydrogens is 255 g/mol. The third-order valence-corrected chi connectivity index (χ3v) is 3.32. The summed E-state index contributed by atoms with van der Waals surface area (Å²) in [7, 11) is 1.55. The number of nitrogens with zero attached hydrogens (tertiary/aromatic N) is 2. The summed E-state index contributed by atoms with van der Waals surface area (Å²) in [5, 5.41) is 7.08. The molecule has 1 aromatic rings. The molecule has 1 heterocycles. The molecule has 0 saturated heterocycles. The zero-order chi connectivity index (χ0) is 14.5. The van der Waals surface area contributed by atoms with E-state index in [-0.39, 0.29) is 0 Å². The average molecular weight is 277 g/mol. The lowest BCUT2D eigenvalue weighted by molar-refractivity contribution is -0.139. The summed E-state index contributed by atoms with van der Waals surface area (Å²) in [5.74, 6) is 0. The Morgan fingerprint density at radius 3 is 2.42 bits per heavy atom. The molecule has 1 atom stereocenters. The van der Waals surface area contributed by atoms with Crippen LogP contribution in [-0.2, 0) is 6.42 Å². The summed E-state index contributed by atoms with van der Waals surface area (Å²) in [6, 6.07) is 1.51. The second-order valence-electron chi connectivity index (χ2n) is 4.77. The van der Waals surface area contributed by atoms with E-state index < -0.39 is 18.6 Å². The quantitative estimate of drug-likeness (QED) is 0.828. The van der Waals surface area contributed by atoms with E-state index in [1.54, 1.807) is 13.1 Å². The number of aromatic nitrogens is 2. The van der Waals surface area contributed by atoms with Crippen LogP contribution in [0.15, 0.2) is 12.3 Å². The maximum Gasteiger partial charge on any atom is 0.390 e. The number of halogens is 3. The van der Waals surface area contributed by atoms with Gasteiger partial charge in [-0.25, -0.2) is 0 Å². The highest BCUT2D eigenvalue weighted by Gasteiger charge is 2.31. The Balaban J connectivity index is 2.66. The maximum absolute atomic E-state index is 12.4. The predicted molar refractivity (Wildman–Crippen MR) is 69.1 cm³/mol. The molecule has 0 aliphatic rings. The normalized spacial score (nSPS) is 14.1. The highest BCUT2D eigenvalue weighted by atomic mass is 19.4. The first-order valence-electron chi connectivity index (χ1n) is 6.67. The fourth-order valence-corrected chi connectivity index (χ4v) is 2.16. The van der Waals surface area contributed by atoms with Crippen LogP contribution in [0.1, 0.15) is 44.8 Å². The molecule has 0 aliphatic heterocycles. The Morgan fingerprint density at radius 2 is 1.95 bits per heavy atom. The Bertz CT molecular complexity index is 369. The van der Waals surface area contributed by atoms with Gasteiger partial charge in [0.05, 0.1) is 18.2 Å². The first-order valence-corrected chi connectivity index (χ1v) is 6.67. The Hall–Kier alpha value is -1.04. The van der Waals surface area contributed by atoms with Crippen molar-refractivity contribution in [1.82, 2.24) is 15.1 Å². The molecule has 0 spiro atoms. The van der Waals surface area contributed by atoms with Crippen LogP contribution in [0.3, 0.4) is 0 Å². The summed E-state index contributed by atoms with van der Waals surface area (Å²) >= 11 is 0. The van der Waals surface area contributed by atoms with Crippen LogP contribution < -0.4 is 5.32 Å². The second kappa shape index (κ2) is 6.93. The third kappa shape index (κ3) is 5.22. The topological polar surface area (TPSA) is 29.9 Å². The van der Waals surface area contributed by atoms with Crippen molar-refractivity contribution in [1.29, 1.82) is 0 Å². The van der Waals surface area contributed by atoms with Crippen molar-refractivity contribution in [3.05, 3.63) is 18.0 Å². The SMILES string of the molecule is CCC(CC)n1ccc(CC(CC(F)(F)F)NC)n1. The molecule has 0 aromatic carbocycles. The van der Waals surface area contributed by atoms with Crippen LogP contribution in [0.2, 0.25) is 0 Å². The van der Waals surface area contributed by atoms with Gasteiger partial charge < -0.3 is 5.32 Å². The lowest BCUT2D eigenvalue weighted by Crippen LogP contribution is -2.33. The van der Waals surface area contributed by atoms with E-state index in [1.807, 2.05) is 10.9 Å². The number of alkyl halides is 3. The molecule has 0 saturated carbocycles. The van der Waals surface area contributed by atoms with Crippen LogP contribution in [0.25, 0.3) is 0 Å². The minimum absolute atomic E-state index is 0.295. The van der Waals surface area contributed by atoms with Crippen molar-refractivity contribution in [3.8, 4) is 0 Å². The highest BCUT2D eigenvalue weighted by molar-refractivity contribution is 5.02. The monoisotopic (exact) mass is 277 g/mol. The Kier molecular flexibility index (Phi) is 5.85. The molecule has 6 heteroatoms. The minimum Gasteiger partial charge on any atom is -0.316 e. The Labute approximate surface area is 112 Å². The van der Waals surface area contributed by atoms with Crippen LogP contribution in [0.4, 0.5) is 13.2 Å². The zero-order valence-corrected chi connectivity index (χ0v) is 11.7. The lowest BCUT2D eigenvalue weighted by atomic mass is 10.1. The smallest absolute Gasteiger partial charge is 0.316 e. The van der Waals surface area contributed by atoms with E-state index in [9.17, 15) is 13.2 Å². The van der Waals surface area contributed by atoms with E-state index in [0.29, 0.717) is 18.2 Å². The third-order valence-electron chi connectivity index (χ3n) is 3.32. The molecule has 0 bridgehead atoms. The standard InChI is InChI=1S/C13H22F3N3/c1-4-12(5-2)19-7-6-10(18-19)8-11(17-3)9-13(14,15)16/h6-7,11-12,17H,4-5,8-9H2,1-3H3. The van der Waals surface area contributed by atoms with E-state index in [1.165, 1.54) is 0 Å². The van der Waals surface area contributed by atoms with Crippen LogP contribution >= 0.6 is 0 Å². The molecule has 3 nitrogen and oxygen atoms in total. The van der Waals surface area contributed by atoms with Gasteiger partial charge in [-0.3, -0.25) is 4.68 Å². The van der Waals surface area contributed by atoms with Crippen LogP contribution in [0, 0.1) is 0 Å². The van der Waals surface area contributed by atoms with Gasteiger partial charge in [0.2, 0.25) is 0 Å². The molecule has 0 radical (unpaired) electrons. The van der Waals surface area contributed by atoms with Gasteiger partial charge >= 0.3 is 6.18 Å². The van der Waals surface area contributed by atoms with Crippen LogP contribution in [-0.4, -0.2) is 29.0 Å². The minimum atomic E-state index is -4.15. The molecule has 1 N–H and O–H groups in total. The molecule has 0 fully saturated rings. The highest BCUT2D eigenvalue weighted by Crippen LogP contribution is 2.23. The fraction of sp³-hybridized carbons (Fsp3) is 0.769. The summed E-state index contributed by atoms with van der Waals surface area (Å²) in [4.78, 5) is 0. The molecule has 19 heavy (non-hydrogen) atoms. The summed E-state index contributed by atoms with van der Waals surface area (Å²) in [5.41, 5.74) is 0.704. The van der Waals surface area contributed by atoms with Gasteiger partial charge in [0, 0.05) is 18.7 Å². The van der Waals surface area contributed by atoms with Crippen molar-refractivity contribution in [2.75, 3.05) is 7.05 Å². The maximum atomic E-state index is 12.4. The van der Waals surface area contributed by atoms with E-state index in [4.69, 9.17) is 0 Å². The van der Waals surface area contributed by atoms with Gasteiger partial charge in [0.1, 0.15) is 0 Å². The largest absolute Gasteiger partial charge is 0.390 e. The average Bonchev–Trinajstić information content (AvgIpc) is 2.76. The van der Waals surface area contributed by atoms with E-state index >= 15 is 0 Å². The molecule has 0 amide bonds. The fourth-order valence-electron chi connectivity index (χ4n) is 2.16. The Morgan fingerprint density at radius 1 is 1.32 bits per heavy atom. The van der Waals surface area contributed by atoms with Gasteiger partial charge in [-0.1, -0.05) is 13.8 Å². The summed E-state index contributed by atoms with van der Waals surface area (Å²) < 4.78 is 39.0. The number of rotatable bonds is 7. The molecule has 1 rings (SSSR count). The van der Waals surface area contributed by atoms with Crippen molar-refractivity contribution < 1.29 is 13.2 Å². The number of nitrogens with one attached hydrogen (secondary N) is 1.